The Hall–Kier alpha value is -2.31. The molecule has 0 amide bonds. The maximum absolute atomic E-state index is 11.5. The van der Waals surface area contributed by atoms with E-state index in [9.17, 15) is 14.9 Å². The number of nitro benzene ring substituents is 1. The Morgan fingerprint density at radius 1 is 1.35 bits per heavy atom. The molecule has 0 N–H and O–H groups in total. The van der Waals surface area contributed by atoms with Crippen molar-refractivity contribution in [3.63, 3.8) is 0 Å². The highest BCUT2D eigenvalue weighted by molar-refractivity contribution is 5.91. The number of ether oxygens (including phenoxy) is 3. The number of nitro groups is 1. The minimum Gasteiger partial charge on any atom is -0.493 e. The first-order valence-electron chi connectivity index (χ1n) is 6.12. The molecule has 0 fully saturated rings. The molecule has 7 nitrogen and oxygen atoms in total. The molecule has 0 radical (unpaired) electrons. The van der Waals surface area contributed by atoms with E-state index in [1.165, 1.54) is 20.3 Å². The fourth-order valence-corrected chi connectivity index (χ4v) is 1.57. The molecule has 20 heavy (non-hydrogen) atoms. The fraction of sp³-hybridized carbons (Fsp3) is 0.462. The van der Waals surface area contributed by atoms with E-state index < -0.39 is 10.9 Å². The monoisotopic (exact) mass is 283 g/mol. The summed E-state index contributed by atoms with van der Waals surface area (Å²) in [4.78, 5) is 22.0. The van der Waals surface area contributed by atoms with Crippen molar-refractivity contribution in [2.24, 2.45) is 0 Å². The van der Waals surface area contributed by atoms with Gasteiger partial charge in [0.2, 0.25) is 5.75 Å². The third kappa shape index (κ3) is 3.59. The maximum Gasteiger partial charge on any atom is 0.338 e. The number of carbonyl (C=O) groups is 1. The Balaban J connectivity index is 3.25. The van der Waals surface area contributed by atoms with Crippen LogP contribution in [-0.2, 0) is 4.74 Å². The van der Waals surface area contributed by atoms with Gasteiger partial charge in [0.1, 0.15) is 0 Å². The summed E-state index contributed by atoms with van der Waals surface area (Å²) in [5.41, 5.74) is -0.278. The van der Waals surface area contributed by atoms with Gasteiger partial charge in [-0.15, -0.1) is 0 Å². The number of rotatable bonds is 7. The summed E-state index contributed by atoms with van der Waals surface area (Å²) in [5, 5.41) is 11.1. The van der Waals surface area contributed by atoms with Crippen molar-refractivity contribution >= 4 is 11.7 Å². The SMILES string of the molecule is CCCCOc1c(OC)cc(C(=O)OC)cc1[N+](=O)[O-]. The lowest BCUT2D eigenvalue weighted by Crippen LogP contribution is -2.07. The predicted molar refractivity (Wildman–Crippen MR) is 71.4 cm³/mol. The quantitative estimate of drug-likeness (QED) is 0.331. The van der Waals surface area contributed by atoms with Crippen LogP contribution in [0.4, 0.5) is 5.69 Å². The van der Waals surface area contributed by atoms with E-state index >= 15 is 0 Å². The topological polar surface area (TPSA) is 87.9 Å². The Kier molecular flexibility index (Phi) is 5.76. The summed E-state index contributed by atoms with van der Waals surface area (Å²) in [6, 6.07) is 2.48. The smallest absolute Gasteiger partial charge is 0.338 e. The lowest BCUT2D eigenvalue weighted by atomic mass is 10.1. The molecule has 110 valence electrons. The van der Waals surface area contributed by atoms with Crippen LogP contribution in [0.3, 0.4) is 0 Å². The maximum atomic E-state index is 11.5. The molecule has 1 rings (SSSR count). The van der Waals surface area contributed by atoms with E-state index in [-0.39, 0.29) is 22.7 Å². The van der Waals surface area contributed by atoms with Crippen molar-refractivity contribution < 1.29 is 23.9 Å². The molecule has 0 aliphatic carbocycles. The van der Waals surface area contributed by atoms with Gasteiger partial charge < -0.3 is 14.2 Å². The minimum atomic E-state index is -0.675. The largest absolute Gasteiger partial charge is 0.493 e. The van der Waals surface area contributed by atoms with Crippen molar-refractivity contribution in [1.29, 1.82) is 0 Å². The second kappa shape index (κ2) is 7.32. The molecule has 0 aliphatic rings. The van der Waals surface area contributed by atoms with Crippen molar-refractivity contribution in [2.45, 2.75) is 19.8 Å². The molecule has 0 saturated heterocycles. The van der Waals surface area contributed by atoms with Gasteiger partial charge >= 0.3 is 11.7 Å². The molecule has 0 heterocycles. The summed E-state index contributed by atoms with van der Waals surface area (Å²) < 4.78 is 15.0. The van der Waals surface area contributed by atoms with E-state index in [1.807, 2.05) is 6.92 Å². The summed E-state index contributed by atoms with van der Waals surface area (Å²) >= 11 is 0. The van der Waals surface area contributed by atoms with Gasteiger partial charge in [-0.3, -0.25) is 10.1 Å². The normalized spacial score (nSPS) is 9.95. The van der Waals surface area contributed by atoms with Gasteiger partial charge in [-0.05, 0) is 12.5 Å². The lowest BCUT2D eigenvalue weighted by Gasteiger charge is -2.12. The molecule has 0 atom stereocenters. The molecule has 0 unspecified atom stereocenters. The van der Waals surface area contributed by atoms with Crippen LogP contribution in [0, 0.1) is 10.1 Å². The van der Waals surface area contributed by atoms with E-state index in [0.29, 0.717) is 6.61 Å². The molecule has 0 aromatic heterocycles. The van der Waals surface area contributed by atoms with Crippen molar-refractivity contribution in [3.8, 4) is 11.5 Å². The van der Waals surface area contributed by atoms with Gasteiger partial charge in [-0.25, -0.2) is 4.79 Å². The predicted octanol–water partition coefficient (Wildman–Crippen LogP) is 2.57. The summed E-state index contributed by atoms with van der Waals surface area (Å²) in [6.45, 7) is 2.32. The summed E-state index contributed by atoms with van der Waals surface area (Å²) in [6.07, 6.45) is 1.66. The Bertz CT molecular complexity index is 500. The number of nitrogens with zero attached hydrogens (tertiary/aromatic N) is 1. The van der Waals surface area contributed by atoms with Crippen LogP contribution in [0.15, 0.2) is 12.1 Å². The third-order valence-corrected chi connectivity index (χ3v) is 2.62. The molecule has 1 aromatic carbocycles. The Morgan fingerprint density at radius 3 is 2.55 bits per heavy atom. The van der Waals surface area contributed by atoms with Gasteiger partial charge in [-0.2, -0.15) is 0 Å². The van der Waals surface area contributed by atoms with Gasteiger partial charge in [0.15, 0.2) is 5.75 Å². The zero-order valence-electron chi connectivity index (χ0n) is 11.7. The van der Waals surface area contributed by atoms with Crippen LogP contribution >= 0.6 is 0 Å². The summed E-state index contributed by atoms with van der Waals surface area (Å²) in [7, 11) is 2.55. The average Bonchev–Trinajstić information content (AvgIpc) is 2.46. The van der Waals surface area contributed by atoms with Crippen LogP contribution in [0.25, 0.3) is 0 Å². The van der Waals surface area contributed by atoms with E-state index in [1.54, 1.807) is 0 Å². The van der Waals surface area contributed by atoms with E-state index in [4.69, 9.17) is 9.47 Å². The highest BCUT2D eigenvalue weighted by Crippen LogP contribution is 2.38. The number of methoxy groups -OCH3 is 2. The van der Waals surface area contributed by atoms with Gasteiger partial charge in [-0.1, -0.05) is 13.3 Å². The second-order valence-corrected chi connectivity index (χ2v) is 3.98. The Labute approximate surface area is 116 Å². The number of carbonyl (C=O) groups excluding carboxylic acids is 1. The number of hydrogen-bond acceptors (Lipinski definition) is 6. The zero-order valence-corrected chi connectivity index (χ0v) is 11.7. The van der Waals surface area contributed by atoms with Crippen LogP contribution in [-0.4, -0.2) is 31.7 Å². The first-order chi connectivity index (χ1) is 9.54. The standard InChI is InChI=1S/C13H17NO6/c1-4-5-6-20-12-10(14(16)17)7-9(13(15)19-3)8-11(12)18-2/h7-8H,4-6H2,1-3H3. The van der Waals surface area contributed by atoms with Gasteiger partial charge in [0.25, 0.3) is 0 Å². The Morgan fingerprint density at radius 2 is 2.05 bits per heavy atom. The van der Waals surface area contributed by atoms with Crippen LogP contribution in [0.1, 0.15) is 30.1 Å². The van der Waals surface area contributed by atoms with Crippen molar-refractivity contribution in [1.82, 2.24) is 0 Å². The molecule has 7 heteroatoms. The molecule has 0 aliphatic heterocycles. The zero-order chi connectivity index (χ0) is 15.1. The molecular weight excluding hydrogens is 266 g/mol. The average molecular weight is 283 g/mol. The molecule has 1 aromatic rings. The first-order valence-corrected chi connectivity index (χ1v) is 6.12. The van der Waals surface area contributed by atoms with Crippen LogP contribution in [0.5, 0.6) is 11.5 Å². The molecule has 0 spiro atoms. The van der Waals surface area contributed by atoms with Crippen molar-refractivity contribution in [3.05, 3.63) is 27.8 Å². The van der Waals surface area contributed by atoms with Gasteiger partial charge in [0, 0.05) is 6.07 Å². The number of unbranched alkanes of at least 4 members (excludes halogenated alkanes) is 1. The first kappa shape index (κ1) is 15.7. The number of esters is 1. The molecule has 0 saturated carbocycles. The van der Waals surface area contributed by atoms with E-state index in [0.717, 1.165) is 18.9 Å². The third-order valence-electron chi connectivity index (χ3n) is 2.62. The fourth-order valence-electron chi connectivity index (χ4n) is 1.57. The molecule has 0 bridgehead atoms. The highest BCUT2D eigenvalue weighted by Gasteiger charge is 2.24. The summed E-state index contributed by atoms with van der Waals surface area (Å²) in [5.74, 6) is -0.513. The van der Waals surface area contributed by atoms with Crippen LogP contribution < -0.4 is 9.47 Å². The highest BCUT2D eigenvalue weighted by atomic mass is 16.6. The molecular formula is C13H17NO6. The van der Waals surface area contributed by atoms with E-state index in [2.05, 4.69) is 4.74 Å². The second-order valence-electron chi connectivity index (χ2n) is 3.98. The number of benzene rings is 1. The van der Waals surface area contributed by atoms with Crippen LogP contribution in [0.2, 0.25) is 0 Å². The lowest BCUT2D eigenvalue weighted by molar-refractivity contribution is -0.386. The van der Waals surface area contributed by atoms with Crippen molar-refractivity contribution in [2.75, 3.05) is 20.8 Å². The van der Waals surface area contributed by atoms with Gasteiger partial charge in [0.05, 0.1) is 31.3 Å². The number of hydrogen-bond donors (Lipinski definition) is 0. The minimum absolute atomic E-state index is 0.0265.